The predicted molar refractivity (Wildman–Crippen MR) is 74.1 cm³/mol. The number of hydrogen-bond donors (Lipinski definition) is 0. The molecule has 0 bridgehead atoms. The number of esters is 1. The molecule has 0 atom stereocenters. The van der Waals surface area contributed by atoms with Gasteiger partial charge in [-0.1, -0.05) is 8.07 Å². The highest BCUT2D eigenvalue weighted by atomic mass is 28.3. The monoisotopic (exact) mass is 298 g/mol. The number of methoxy groups -OCH3 is 1. The van der Waals surface area contributed by atoms with Crippen molar-refractivity contribution in [3.8, 4) is 17.2 Å². The summed E-state index contributed by atoms with van der Waals surface area (Å²) < 4.78 is 36.5. The summed E-state index contributed by atoms with van der Waals surface area (Å²) in [6.07, 6.45) is 0. The van der Waals surface area contributed by atoms with Crippen molar-refractivity contribution >= 4 is 14.0 Å². The number of ether oxygens (including phenoxy) is 2. The molecule has 20 heavy (non-hydrogen) atoms. The van der Waals surface area contributed by atoms with Gasteiger partial charge < -0.3 is 9.47 Å². The lowest BCUT2D eigenvalue weighted by molar-refractivity contribution is -0.142. The van der Waals surface area contributed by atoms with E-state index in [-0.39, 0.29) is 11.3 Å². The minimum atomic E-state index is -1.72. The summed E-state index contributed by atoms with van der Waals surface area (Å²) in [6, 6.07) is 1.74. The number of rotatable bonds is 3. The molecule has 0 aliphatic rings. The molecule has 0 N–H and O–H groups in total. The van der Waals surface area contributed by atoms with Crippen LogP contribution in [0.5, 0.6) is 5.75 Å². The van der Waals surface area contributed by atoms with E-state index in [1.54, 1.807) is 0 Å². The Morgan fingerprint density at radius 2 is 1.95 bits per heavy atom. The van der Waals surface area contributed by atoms with Gasteiger partial charge in [-0.05, 0) is 0 Å². The van der Waals surface area contributed by atoms with Crippen molar-refractivity contribution in [1.29, 1.82) is 0 Å². The second kappa shape index (κ2) is 6.53. The van der Waals surface area contributed by atoms with Gasteiger partial charge in [0.25, 0.3) is 0 Å². The van der Waals surface area contributed by atoms with Crippen LogP contribution in [0.25, 0.3) is 0 Å². The van der Waals surface area contributed by atoms with E-state index in [0.29, 0.717) is 0 Å². The average Bonchev–Trinajstić information content (AvgIpc) is 2.33. The standard InChI is InChI=1S/C14H16F2O3Si/c1-18-14(17)9-19-13-8-10(15)7-12(16)11(13)5-6-20(2,3)4/h7-8H,9H2,1-4H3/q-1. The fourth-order valence-corrected chi connectivity index (χ4v) is 1.73. The Balaban J connectivity index is 3.13. The zero-order valence-electron chi connectivity index (χ0n) is 11.8. The molecule has 0 fully saturated rings. The van der Waals surface area contributed by atoms with Gasteiger partial charge in [-0.3, -0.25) is 5.54 Å². The highest BCUT2D eigenvalue weighted by molar-refractivity contribution is 6.83. The Morgan fingerprint density at radius 1 is 1.30 bits per heavy atom. The molecule has 6 heteroatoms. The van der Waals surface area contributed by atoms with E-state index < -0.39 is 32.3 Å². The summed E-state index contributed by atoms with van der Waals surface area (Å²) in [4.78, 5) is 11.0. The van der Waals surface area contributed by atoms with Crippen molar-refractivity contribution in [1.82, 2.24) is 0 Å². The fourth-order valence-electron chi connectivity index (χ4n) is 1.23. The smallest absolute Gasteiger partial charge is 0.343 e. The molecule has 0 aliphatic carbocycles. The zero-order chi connectivity index (χ0) is 15.3. The van der Waals surface area contributed by atoms with Gasteiger partial charge in [0.1, 0.15) is 17.4 Å². The highest BCUT2D eigenvalue weighted by Gasteiger charge is 2.12. The van der Waals surface area contributed by atoms with E-state index in [4.69, 9.17) is 4.74 Å². The molecule has 0 saturated carbocycles. The number of carbonyl (C=O) groups is 1. The van der Waals surface area contributed by atoms with Gasteiger partial charge >= 0.3 is 5.97 Å². The van der Waals surface area contributed by atoms with Crippen LogP contribution in [0.1, 0.15) is 5.56 Å². The number of benzene rings is 1. The van der Waals surface area contributed by atoms with Crippen LogP contribution in [0.4, 0.5) is 8.78 Å². The molecule has 0 radical (unpaired) electrons. The average molecular weight is 298 g/mol. The molecule has 0 aromatic heterocycles. The van der Waals surface area contributed by atoms with E-state index in [2.05, 4.69) is 16.2 Å². The third-order valence-corrected chi connectivity index (χ3v) is 3.03. The first-order valence-corrected chi connectivity index (χ1v) is 9.45. The molecule has 0 amide bonds. The molecule has 1 aromatic carbocycles. The van der Waals surface area contributed by atoms with Crippen molar-refractivity contribution in [2.75, 3.05) is 13.7 Å². The Labute approximate surface area is 117 Å². The summed E-state index contributed by atoms with van der Waals surface area (Å²) in [6.45, 7) is 5.56. The molecular formula is C14H16F2O3Si-. The summed E-state index contributed by atoms with van der Waals surface area (Å²) in [5.41, 5.74) is 2.93. The first-order chi connectivity index (χ1) is 9.23. The molecule has 0 heterocycles. The van der Waals surface area contributed by atoms with Crippen LogP contribution in [0.3, 0.4) is 0 Å². The maximum atomic E-state index is 13.8. The minimum absolute atomic E-state index is 0.0438. The van der Waals surface area contributed by atoms with Crippen LogP contribution in [-0.2, 0) is 9.53 Å². The van der Waals surface area contributed by atoms with Crippen LogP contribution in [0, 0.1) is 23.1 Å². The van der Waals surface area contributed by atoms with Crippen molar-refractivity contribution in [3.05, 3.63) is 29.3 Å². The second-order valence-corrected chi connectivity index (χ2v) is 9.88. The van der Waals surface area contributed by atoms with Gasteiger partial charge in [-0.2, -0.15) is 19.6 Å². The maximum absolute atomic E-state index is 13.8. The number of hydrogen-bond acceptors (Lipinski definition) is 3. The van der Waals surface area contributed by atoms with Crippen LogP contribution in [0.15, 0.2) is 12.1 Å². The van der Waals surface area contributed by atoms with E-state index >= 15 is 0 Å². The first-order valence-electron chi connectivity index (χ1n) is 5.95. The minimum Gasteiger partial charge on any atom is -0.480 e. The van der Waals surface area contributed by atoms with Gasteiger partial charge in [0, 0.05) is 12.1 Å². The van der Waals surface area contributed by atoms with Crippen LogP contribution in [-0.4, -0.2) is 27.8 Å². The second-order valence-electron chi connectivity index (χ2n) is 5.13. The van der Waals surface area contributed by atoms with Crippen molar-refractivity contribution in [2.45, 2.75) is 19.6 Å². The zero-order valence-corrected chi connectivity index (χ0v) is 12.8. The van der Waals surface area contributed by atoms with Gasteiger partial charge in [-0.25, -0.2) is 13.6 Å². The Bertz CT molecular complexity index is 568. The maximum Gasteiger partial charge on any atom is 0.343 e. The predicted octanol–water partition coefficient (Wildman–Crippen LogP) is 2.75. The molecular weight excluding hydrogens is 282 g/mol. The highest BCUT2D eigenvalue weighted by Crippen LogP contribution is 2.23. The normalized spacial score (nSPS) is 10.5. The van der Waals surface area contributed by atoms with Crippen LogP contribution < -0.4 is 4.74 Å². The Kier molecular flexibility index (Phi) is 5.28. The molecule has 109 valence electrons. The largest absolute Gasteiger partial charge is 0.480 e. The SMILES string of the molecule is COC(=O)COc1cc(F)cc(F)c1C#C[Si-](C)(C)C. The summed E-state index contributed by atoms with van der Waals surface area (Å²) in [7, 11) is -0.522. The van der Waals surface area contributed by atoms with Gasteiger partial charge in [-0.15, -0.1) is 5.92 Å². The first kappa shape index (κ1) is 16.2. The molecule has 0 spiro atoms. The van der Waals surface area contributed by atoms with Crippen LogP contribution in [0.2, 0.25) is 19.6 Å². The third kappa shape index (κ3) is 5.01. The molecule has 3 nitrogen and oxygen atoms in total. The molecule has 1 aromatic rings. The topological polar surface area (TPSA) is 35.5 Å². The van der Waals surface area contributed by atoms with Gasteiger partial charge in [0.05, 0.1) is 12.7 Å². The van der Waals surface area contributed by atoms with Crippen molar-refractivity contribution in [2.24, 2.45) is 0 Å². The summed E-state index contributed by atoms with van der Waals surface area (Å²) in [5, 5.41) is 0. The lowest BCUT2D eigenvalue weighted by atomic mass is 10.2. The van der Waals surface area contributed by atoms with E-state index in [1.807, 2.05) is 19.6 Å². The van der Waals surface area contributed by atoms with Crippen molar-refractivity contribution < 1.29 is 23.0 Å². The lowest BCUT2D eigenvalue weighted by Crippen LogP contribution is -2.17. The molecule has 0 unspecified atom stereocenters. The van der Waals surface area contributed by atoms with Gasteiger partial charge in [0.2, 0.25) is 0 Å². The van der Waals surface area contributed by atoms with E-state index in [1.165, 1.54) is 7.11 Å². The van der Waals surface area contributed by atoms with E-state index in [0.717, 1.165) is 12.1 Å². The van der Waals surface area contributed by atoms with Crippen molar-refractivity contribution in [3.63, 3.8) is 0 Å². The molecule has 0 aliphatic heterocycles. The lowest BCUT2D eigenvalue weighted by Gasteiger charge is -2.18. The van der Waals surface area contributed by atoms with E-state index in [9.17, 15) is 13.6 Å². The Morgan fingerprint density at radius 3 is 2.50 bits per heavy atom. The molecule has 0 saturated heterocycles. The third-order valence-electron chi connectivity index (χ3n) is 2.15. The van der Waals surface area contributed by atoms with Gasteiger partial charge in [0.15, 0.2) is 6.61 Å². The molecule has 1 rings (SSSR count). The van der Waals surface area contributed by atoms with Crippen LogP contribution >= 0.6 is 0 Å². The Hall–Kier alpha value is -1.87. The summed E-state index contributed by atoms with van der Waals surface area (Å²) in [5.74, 6) is 0.344. The summed E-state index contributed by atoms with van der Waals surface area (Å²) >= 11 is 0. The number of carbonyl (C=O) groups excluding carboxylic acids is 1. The number of halogens is 2. The fraction of sp³-hybridized carbons (Fsp3) is 0.357. The quantitative estimate of drug-likeness (QED) is 0.489.